The van der Waals surface area contributed by atoms with Crippen molar-refractivity contribution in [3.05, 3.63) is 58.6 Å². The van der Waals surface area contributed by atoms with Gasteiger partial charge in [0.05, 0.1) is 11.6 Å². The van der Waals surface area contributed by atoms with Crippen molar-refractivity contribution in [1.29, 1.82) is 0 Å². The molecule has 22 heavy (non-hydrogen) atoms. The first kappa shape index (κ1) is 15.4. The summed E-state index contributed by atoms with van der Waals surface area (Å²) in [6.45, 7) is 5.35. The van der Waals surface area contributed by atoms with E-state index in [0.717, 1.165) is 42.9 Å². The maximum atomic E-state index is 5.29. The molecule has 1 aliphatic rings. The SMILES string of the molecule is COc1ccc(CN2CCN(c3ccccc3)CC2)cc1Br. The number of anilines is 1. The van der Waals surface area contributed by atoms with Crippen LogP contribution in [0.3, 0.4) is 0 Å². The van der Waals surface area contributed by atoms with Gasteiger partial charge in [-0.2, -0.15) is 0 Å². The molecule has 3 nitrogen and oxygen atoms in total. The molecule has 116 valence electrons. The molecule has 1 fully saturated rings. The zero-order valence-corrected chi connectivity index (χ0v) is 14.4. The predicted molar refractivity (Wildman–Crippen MR) is 94.6 cm³/mol. The molecule has 0 unspecified atom stereocenters. The maximum Gasteiger partial charge on any atom is 0.133 e. The average molecular weight is 361 g/mol. The summed E-state index contributed by atoms with van der Waals surface area (Å²) in [4.78, 5) is 4.97. The molecule has 0 saturated carbocycles. The molecule has 1 saturated heterocycles. The molecule has 3 rings (SSSR count). The van der Waals surface area contributed by atoms with Crippen molar-refractivity contribution in [1.82, 2.24) is 4.90 Å². The quantitative estimate of drug-likeness (QED) is 0.824. The summed E-state index contributed by atoms with van der Waals surface area (Å²) in [5.74, 6) is 0.887. The Morgan fingerprint density at radius 3 is 2.36 bits per heavy atom. The first-order valence-corrected chi connectivity index (χ1v) is 8.40. The summed E-state index contributed by atoms with van der Waals surface area (Å²) in [6, 6.07) is 17.0. The molecule has 0 bridgehead atoms. The van der Waals surface area contributed by atoms with E-state index in [4.69, 9.17) is 4.74 Å². The Bertz CT molecular complexity index is 610. The first-order chi connectivity index (χ1) is 10.8. The smallest absolute Gasteiger partial charge is 0.133 e. The van der Waals surface area contributed by atoms with E-state index in [2.05, 4.69) is 68.2 Å². The van der Waals surface area contributed by atoms with Crippen molar-refractivity contribution < 1.29 is 4.74 Å². The lowest BCUT2D eigenvalue weighted by Crippen LogP contribution is -2.45. The van der Waals surface area contributed by atoms with Crippen LogP contribution in [0.1, 0.15) is 5.56 Å². The summed E-state index contributed by atoms with van der Waals surface area (Å²) < 4.78 is 6.31. The molecule has 2 aromatic rings. The van der Waals surface area contributed by atoms with Crippen LogP contribution in [-0.2, 0) is 6.54 Å². The molecule has 2 aromatic carbocycles. The largest absolute Gasteiger partial charge is 0.496 e. The Labute approximate surface area is 140 Å². The van der Waals surface area contributed by atoms with Gasteiger partial charge in [-0.1, -0.05) is 24.3 Å². The summed E-state index contributed by atoms with van der Waals surface area (Å²) in [7, 11) is 1.70. The monoisotopic (exact) mass is 360 g/mol. The highest BCUT2D eigenvalue weighted by Gasteiger charge is 2.17. The molecule has 1 aliphatic heterocycles. The van der Waals surface area contributed by atoms with Crippen LogP contribution in [0, 0.1) is 0 Å². The van der Waals surface area contributed by atoms with E-state index < -0.39 is 0 Å². The van der Waals surface area contributed by atoms with Gasteiger partial charge in [0, 0.05) is 38.4 Å². The Morgan fingerprint density at radius 1 is 1.00 bits per heavy atom. The average Bonchev–Trinajstić information content (AvgIpc) is 2.57. The molecule has 1 heterocycles. The van der Waals surface area contributed by atoms with Crippen LogP contribution in [0.25, 0.3) is 0 Å². The van der Waals surface area contributed by atoms with Gasteiger partial charge < -0.3 is 9.64 Å². The topological polar surface area (TPSA) is 15.7 Å². The number of ether oxygens (including phenoxy) is 1. The zero-order valence-electron chi connectivity index (χ0n) is 12.8. The van der Waals surface area contributed by atoms with Gasteiger partial charge in [-0.25, -0.2) is 0 Å². The second-order valence-electron chi connectivity index (χ2n) is 5.57. The van der Waals surface area contributed by atoms with Gasteiger partial charge in [0.25, 0.3) is 0 Å². The van der Waals surface area contributed by atoms with Gasteiger partial charge in [-0.15, -0.1) is 0 Å². The number of benzene rings is 2. The lowest BCUT2D eigenvalue weighted by molar-refractivity contribution is 0.249. The number of rotatable bonds is 4. The molecule has 0 radical (unpaired) electrons. The van der Waals surface area contributed by atoms with E-state index in [1.165, 1.54) is 11.3 Å². The maximum absolute atomic E-state index is 5.29. The lowest BCUT2D eigenvalue weighted by atomic mass is 10.2. The van der Waals surface area contributed by atoms with Gasteiger partial charge in [0.2, 0.25) is 0 Å². The van der Waals surface area contributed by atoms with Crippen molar-refractivity contribution in [2.75, 3.05) is 38.2 Å². The van der Waals surface area contributed by atoms with E-state index in [0.29, 0.717) is 0 Å². The van der Waals surface area contributed by atoms with Crippen LogP contribution in [0.15, 0.2) is 53.0 Å². The van der Waals surface area contributed by atoms with Crippen LogP contribution in [0.4, 0.5) is 5.69 Å². The number of hydrogen-bond donors (Lipinski definition) is 0. The fourth-order valence-corrected chi connectivity index (χ4v) is 3.46. The van der Waals surface area contributed by atoms with Crippen molar-refractivity contribution in [2.24, 2.45) is 0 Å². The van der Waals surface area contributed by atoms with E-state index >= 15 is 0 Å². The highest BCUT2D eigenvalue weighted by atomic mass is 79.9. The molecule has 0 N–H and O–H groups in total. The van der Waals surface area contributed by atoms with E-state index in [1.54, 1.807) is 7.11 Å². The number of para-hydroxylation sites is 1. The second-order valence-corrected chi connectivity index (χ2v) is 6.42. The van der Waals surface area contributed by atoms with E-state index in [1.807, 2.05) is 6.07 Å². The van der Waals surface area contributed by atoms with Gasteiger partial charge in [0.1, 0.15) is 5.75 Å². The summed E-state index contributed by atoms with van der Waals surface area (Å²) in [5, 5.41) is 0. The number of nitrogens with zero attached hydrogens (tertiary/aromatic N) is 2. The fourth-order valence-electron chi connectivity index (χ4n) is 2.87. The molecular weight excluding hydrogens is 340 g/mol. The Kier molecular flexibility index (Phi) is 5.01. The third-order valence-corrected chi connectivity index (χ3v) is 4.74. The predicted octanol–water partition coefficient (Wildman–Crippen LogP) is 3.78. The van der Waals surface area contributed by atoms with Crippen molar-refractivity contribution >= 4 is 21.6 Å². The van der Waals surface area contributed by atoms with E-state index in [-0.39, 0.29) is 0 Å². The number of methoxy groups -OCH3 is 1. The summed E-state index contributed by atoms with van der Waals surface area (Å²) in [5.41, 5.74) is 2.65. The first-order valence-electron chi connectivity index (χ1n) is 7.61. The third-order valence-electron chi connectivity index (χ3n) is 4.12. The number of halogens is 1. The highest BCUT2D eigenvalue weighted by molar-refractivity contribution is 9.10. The minimum Gasteiger partial charge on any atom is -0.496 e. The minimum absolute atomic E-state index is 0.887. The Balaban J connectivity index is 1.57. The zero-order chi connectivity index (χ0) is 15.4. The van der Waals surface area contributed by atoms with Crippen LogP contribution in [0.5, 0.6) is 5.75 Å². The second kappa shape index (κ2) is 7.16. The number of hydrogen-bond acceptors (Lipinski definition) is 3. The Hall–Kier alpha value is -1.52. The highest BCUT2D eigenvalue weighted by Crippen LogP contribution is 2.26. The normalized spacial score (nSPS) is 15.8. The van der Waals surface area contributed by atoms with Crippen LogP contribution < -0.4 is 9.64 Å². The summed E-state index contributed by atoms with van der Waals surface area (Å²) >= 11 is 3.56. The van der Waals surface area contributed by atoms with Gasteiger partial charge >= 0.3 is 0 Å². The van der Waals surface area contributed by atoms with Gasteiger partial charge in [-0.05, 0) is 45.8 Å². The van der Waals surface area contributed by atoms with Crippen LogP contribution >= 0.6 is 15.9 Å². The molecule has 0 amide bonds. The molecule has 0 aromatic heterocycles. The molecule has 0 spiro atoms. The fraction of sp³-hybridized carbons (Fsp3) is 0.333. The molecule has 0 atom stereocenters. The van der Waals surface area contributed by atoms with Crippen molar-refractivity contribution in [2.45, 2.75) is 6.54 Å². The van der Waals surface area contributed by atoms with Gasteiger partial charge in [-0.3, -0.25) is 4.90 Å². The third kappa shape index (κ3) is 3.62. The molecule has 0 aliphatic carbocycles. The summed E-state index contributed by atoms with van der Waals surface area (Å²) in [6.07, 6.45) is 0. The molecule has 4 heteroatoms. The van der Waals surface area contributed by atoms with Crippen LogP contribution in [0.2, 0.25) is 0 Å². The van der Waals surface area contributed by atoms with E-state index in [9.17, 15) is 0 Å². The minimum atomic E-state index is 0.887. The van der Waals surface area contributed by atoms with Crippen molar-refractivity contribution in [3.63, 3.8) is 0 Å². The Morgan fingerprint density at radius 2 is 1.73 bits per heavy atom. The standard InChI is InChI=1S/C18H21BrN2O/c1-22-18-8-7-15(13-17(18)19)14-20-9-11-21(12-10-20)16-5-3-2-4-6-16/h2-8,13H,9-12,14H2,1H3. The van der Waals surface area contributed by atoms with Crippen LogP contribution in [-0.4, -0.2) is 38.2 Å². The van der Waals surface area contributed by atoms with Gasteiger partial charge in [0.15, 0.2) is 0 Å². The lowest BCUT2D eigenvalue weighted by Gasteiger charge is -2.36. The van der Waals surface area contributed by atoms with Crippen molar-refractivity contribution in [3.8, 4) is 5.75 Å². The number of piperazine rings is 1. The molecular formula is C18H21BrN2O.